The van der Waals surface area contributed by atoms with Crippen LogP contribution >= 0.6 is 22.7 Å². The van der Waals surface area contributed by atoms with Crippen LogP contribution < -0.4 is 5.32 Å². The van der Waals surface area contributed by atoms with E-state index >= 15 is 0 Å². The SMILES string of the molecule is O=C(NCC[C@H](O)C(=O)O)c1csc(-c2ccsc2)n1. The molecule has 1 amide bonds. The minimum atomic E-state index is -1.47. The molecule has 0 saturated carbocycles. The van der Waals surface area contributed by atoms with Crippen molar-refractivity contribution in [3.05, 3.63) is 27.9 Å². The summed E-state index contributed by atoms with van der Waals surface area (Å²) in [6.07, 6.45) is -1.50. The average Bonchev–Trinajstić information content (AvgIpc) is 3.08. The zero-order valence-corrected chi connectivity index (χ0v) is 11.9. The highest BCUT2D eigenvalue weighted by Crippen LogP contribution is 2.25. The van der Waals surface area contributed by atoms with E-state index in [9.17, 15) is 9.59 Å². The molecule has 0 spiro atoms. The van der Waals surface area contributed by atoms with Gasteiger partial charge in [0.2, 0.25) is 0 Å². The van der Waals surface area contributed by atoms with Gasteiger partial charge in [-0.3, -0.25) is 4.79 Å². The number of carboxylic acids is 1. The Morgan fingerprint density at radius 2 is 2.20 bits per heavy atom. The highest BCUT2D eigenvalue weighted by Gasteiger charge is 2.15. The maximum Gasteiger partial charge on any atom is 0.332 e. The summed E-state index contributed by atoms with van der Waals surface area (Å²) in [6, 6.07) is 1.93. The van der Waals surface area contributed by atoms with Crippen LogP contribution in [0.5, 0.6) is 0 Å². The summed E-state index contributed by atoms with van der Waals surface area (Å²) in [5.74, 6) is -1.67. The number of nitrogens with one attached hydrogen (secondary N) is 1. The molecular weight excluding hydrogens is 300 g/mol. The van der Waals surface area contributed by atoms with Gasteiger partial charge in [-0.25, -0.2) is 9.78 Å². The fourth-order valence-electron chi connectivity index (χ4n) is 1.43. The van der Waals surface area contributed by atoms with Gasteiger partial charge in [0.05, 0.1) is 0 Å². The molecule has 0 saturated heterocycles. The Morgan fingerprint density at radius 3 is 2.85 bits per heavy atom. The first-order chi connectivity index (χ1) is 9.58. The smallest absolute Gasteiger partial charge is 0.332 e. The third-order valence-corrected chi connectivity index (χ3v) is 4.07. The van der Waals surface area contributed by atoms with Crippen molar-refractivity contribution in [2.24, 2.45) is 0 Å². The van der Waals surface area contributed by atoms with Gasteiger partial charge >= 0.3 is 5.97 Å². The summed E-state index contributed by atoms with van der Waals surface area (Å²) in [5.41, 5.74) is 1.27. The number of hydrogen-bond donors (Lipinski definition) is 3. The molecule has 0 aliphatic carbocycles. The molecule has 20 heavy (non-hydrogen) atoms. The first kappa shape index (κ1) is 14.6. The van der Waals surface area contributed by atoms with Crippen LogP contribution in [0.2, 0.25) is 0 Å². The van der Waals surface area contributed by atoms with Crippen molar-refractivity contribution in [3.63, 3.8) is 0 Å². The normalized spacial score (nSPS) is 12.1. The number of aliphatic hydroxyl groups excluding tert-OH is 1. The van der Waals surface area contributed by atoms with E-state index in [0.29, 0.717) is 5.69 Å². The first-order valence-electron chi connectivity index (χ1n) is 5.75. The topological polar surface area (TPSA) is 99.5 Å². The molecule has 106 valence electrons. The summed E-state index contributed by atoms with van der Waals surface area (Å²) in [6.45, 7) is 0.0810. The zero-order chi connectivity index (χ0) is 14.5. The molecule has 2 heterocycles. The van der Waals surface area contributed by atoms with E-state index in [2.05, 4.69) is 10.3 Å². The highest BCUT2D eigenvalue weighted by molar-refractivity contribution is 7.14. The van der Waals surface area contributed by atoms with Crippen LogP contribution in [0.4, 0.5) is 0 Å². The molecule has 3 N–H and O–H groups in total. The highest BCUT2D eigenvalue weighted by atomic mass is 32.1. The van der Waals surface area contributed by atoms with E-state index in [0.717, 1.165) is 10.6 Å². The van der Waals surface area contributed by atoms with Crippen molar-refractivity contribution in [3.8, 4) is 10.6 Å². The minimum absolute atomic E-state index is 0.0391. The van der Waals surface area contributed by atoms with Gasteiger partial charge in [-0.05, 0) is 11.4 Å². The number of thiazole rings is 1. The van der Waals surface area contributed by atoms with E-state index in [1.807, 2.05) is 16.8 Å². The molecule has 1 atom stereocenters. The van der Waals surface area contributed by atoms with Crippen molar-refractivity contribution in [1.82, 2.24) is 10.3 Å². The van der Waals surface area contributed by atoms with E-state index in [-0.39, 0.29) is 18.9 Å². The van der Waals surface area contributed by atoms with Crippen molar-refractivity contribution >= 4 is 34.6 Å². The Morgan fingerprint density at radius 1 is 1.40 bits per heavy atom. The Kier molecular flexibility index (Phi) is 4.83. The average molecular weight is 312 g/mol. The van der Waals surface area contributed by atoms with Gasteiger partial charge in [0.1, 0.15) is 10.7 Å². The number of hydrogen-bond acceptors (Lipinski definition) is 6. The number of aliphatic carboxylic acids is 1. The maximum atomic E-state index is 11.8. The molecule has 0 aliphatic rings. The van der Waals surface area contributed by atoms with E-state index in [1.165, 1.54) is 11.3 Å². The Hall–Kier alpha value is -1.77. The third kappa shape index (κ3) is 3.62. The second-order valence-electron chi connectivity index (χ2n) is 3.95. The van der Waals surface area contributed by atoms with E-state index in [1.54, 1.807) is 16.7 Å². The van der Waals surface area contributed by atoms with Crippen LogP contribution in [0.3, 0.4) is 0 Å². The third-order valence-electron chi connectivity index (χ3n) is 2.49. The van der Waals surface area contributed by atoms with Crippen LogP contribution in [-0.2, 0) is 4.79 Å². The van der Waals surface area contributed by atoms with Gasteiger partial charge in [0, 0.05) is 29.3 Å². The summed E-state index contributed by atoms with van der Waals surface area (Å²) in [5, 5.41) is 26.4. The monoisotopic (exact) mass is 312 g/mol. The van der Waals surface area contributed by atoms with Crippen LogP contribution in [0.15, 0.2) is 22.2 Å². The van der Waals surface area contributed by atoms with Crippen molar-refractivity contribution < 1.29 is 19.8 Å². The second-order valence-corrected chi connectivity index (χ2v) is 5.59. The van der Waals surface area contributed by atoms with Crippen LogP contribution in [0.1, 0.15) is 16.9 Å². The number of nitrogens with zero attached hydrogens (tertiary/aromatic N) is 1. The van der Waals surface area contributed by atoms with Gasteiger partial charge in [0.25, 0.3) is 5.91 Å². The van der Waals surface area contributed by atoms with Gasteiger partial charge in [-0.2, -0.15) is 11.3 Å². The summed E-state index contributed by atoms with van der Waals surface area (Å²) in [7, 11) is 0. The van der Waals surface area contributed by atoms with Gasteiger partial charge in [-0.15, -0.1) is 11.3 Å². The largest absolute Gasteiger partial charge is 0.479 e. The lowest BCUT2D eigenvalue weighted by Crippen LogP contribution is -2.30. The molecule has 0 aromatic carbocycles. The number of carbonyl (C=O) groups excluding carboxylic acids is 1. The molecule has 2 rings (SSSR count). The van der Waals surface area contributed by atoms with E-state index < -0.39 is 12.1 Å². The number of aliphatic hydroxyl groups is 1. The van der Waals surface area contributed by atoms with Crippen molar-refractivity contribution in [1.29, 1.82) is 0 Å². The lowest BCUT2D eigenvalue weighted by atomic mass is 10.2. The van der Waals surface area contributed by atoms with Gasteiger partial charge < -0.3 is 15.5 Å². The standard InChI is InChI=1S/C12H12N2O4S2/c15-9(12(17)18)1-3-13-10(16)8-6-20-11(14-8)7-2-4-19-5-7/h2,4-6,9,15H,1,3H2,(H,13,16)(H,17,18)/t9-/m0/s1. The fourth-order valence-corrected chi connectivity index (χ4v) is 2.95. The molecular formula is C12H12N2O4S2. The number of thiophene rings is 1. The van der Waals surface area contributed by atoms with Crippen LogP contribution in [-0.4, -0.2) is 39.7 Å². The molecule has 0 aliphatic heterocycles. The summed E-state index contributed by atoms with van der Waals surface area (Å²) < 4.78 is 0. The lowest BCUT2D eigenvalue weighted by molar-refractivity contribution is -0.146. The molecule has 2 aromatic rings. The second kappa shape index (κ2) is 6.60. The zero-order valence-electron chi connectivity index (χ0n) is 10.3. The molecule has 0 fully saturated rings. The first-order valence-corrected chi connectivity index (χ1v) is 7.57. The Balaban J connectivity index is 1.89. The number of rotatable bonds is 6. The predicted molar refractivity (Wildman–Crippen MR) is 76.0 cm³/mol. The van der Waals surface area contributed by atoms with Crippen LogP contribution in [0, 0.1) is 0 Å². The molecule has 0 bridgehead atoms. The fraction of sp³-hybridized carbons (Fsp3) is 0.250. The summed E-state index contributed by atoms with van der Waals surface area (Å²) >= 11 is 2.93. The molecule has 8 heteroatoms. The van der Waals surface area contributed by atoms with Crippen molar-refractivity contribution in [2.75, 3.05) is 6.54 Å². The number of carboxylic acid groups (broad SMARTS) is 1. The van der Waals surface area contributed by atoms with Crippen molar-refractivity contribution in [2.45, 2.75) is 12.5 Å². The van der Waals surface area contributed by atoms with Crippen LogP contribution in [0.25, 0.3) is 10.6 Å². The lowest BCUT2D eigenvalue weighted by Gasteiger charge is -2.05. The summed E-state index contributed by atoms with van der Waals surface area (Å²) in [4.78, 5) is 26.4. The van der Waals surface area contributed by atoms with E-state index in [4.69, 9.17) is 10.2 Å². The molecule has 0 unspecified atom stereocenters. The number of aromatic nitrogens is 1. The number of amides is 1. The number of carbonyl (C=O) groups is 2. The minimum Gasteiger partial charge on any atom is -0.479 e. The Labute approximate surface area is 122 Å². The maximum absolute atomic E-state index is 11.8. The predicted octanol–water partition coefficient (Wildman–Crippen LogP) is 1.44. The quantitative estimate of drug-likeness (QED) is 0.749. The molecule has 2 aromatic heterocycles. The van der Waals surface area contributed by atoms with Gasteiger partial charge in [-0.1, -0.05) is 0 Å². The van der Waals surface area contributed by atoms with Gasteiger partial charge in [0.15, 0.2) is 6.10 Å². The molecule has 0 radical (unpaired) electrons. The Bertz CT molecular complexity index is 594. The molecule has 6 nitrogen and oxygen atoms in total.